The monoisotopic (exact) mass is 270 g/mol. The van der Waals surface area contributed by atoms with E-state index >= 15 is 0 Å². The van der Waals surface area contributed by atoms with Crippen LogP contribution in [0.3, 0.4) is 0 Å². The van der Waals surface area contributed by atoms with Gasteiger partial charge in [-0.25, -0.2) is 0 Å². The number of hydrogen-bond acceptors (Lipinski definition) is 1. The van der Waals surface area contributed by atoms with Crippen LogP contribution in [0.15, 0.2) is 18.2 Å². The van der Waals surface area contributed by atoms with Crippen LogP contribution in [0.5, 0.6) is 0 Å². The van der Waals surface area contributed by atoms with Gasteiger partial charge in [-0.3, -0.25) is 4.79 Å². The summed E-state index contributed by atoms with van der Waals surface area (Å²) in [5.74, 6) is 0.219. The lowest BCUT2D eigenvalue weighted by atomic mass is 9.91. The normalized spacial score (nSPS) is 18.3. The van der Waals surface area contributed by atoms with E-state index < -0.39 is 0 Å². The molecule has 2 aromatic rings. The summed E-state index contributed by atoms with van der Waals surface area (Å²) in [4.78, 5) is 15.4. The molecule has 3 heteroatoms. The Bertz CT molecular complexity index is 654. The minimum atomic E-state index is 0.0570. The highest BCUT2D eigenvalue weighted by Gasteiger charge is 2.24. The molecule has 0 saturated heterocycles. The number of aromatic nitrogens is 1. The van der Waals surface area contributed by atoms with Crippen LogP contribution in [0, 0.1) is 12.8 Å². The Labute approximate surface area is 119 Å². The summed E-state index contributed by atoms with van der Waals surface area (Å²) in [6.45, 7) is 6.01. The third-order valence-corrected chi connectivity index (χ3v) is 4.21. The van der Waals surface area contributed by atoms with E-state index in [-0.39, 0.29) is 17.9 Å². The lowest BCUT2D eigenvalue weighted by molar-refractivity contribution is -0.124. The average molecular weight is 270 g/mol. The molecule has 0 radical (unpaired) electrons. The Morgan fingerprint density at radius 2 is 2.20 bits per heavy atom. The Kier molecular flexibility index (Phi) is 3.28. The van der Waals surface area contributed by atoms with Gasteiger partial charge in [-0.15, -0.1) is 0 Å². The fourth-order valence-corrected chi connectivity index (χ4v) is 3.02. The van der Waals surface area contributed by atoms with Crippen molar-refractivity contribution < 1.29 is 4.79 Å². The minimum absolute atomic E-state index is 0.0570. The quantitative estimate of drug-likeness (QED) is 0.865. The lowest BCUT2D eigenvalue weighted by Crippen LogP contribution is -2.40. The summed E-state index contributed by atoms with van der Waals surface area (Å²) in [7, 11) is 0. The molecule has 1 aliphatic carbocycles. The first-order valence-corrected chi connectivity index (χ1v) is 7.45. The van der Waals surface area contributed by atoms with Crippen LogP contribution in [-0.2, 0) is 17.6 Å². The van der Waals surface area contributed by atoms with Crippen LogP contribution in [0.4, 0.5) is 0 Å². The molecule has 1 aliphatic rings. The number of H-pyrrole nitrogens is 1. The van der Waals surface area contributed by atoms with E-state index in [2.05, 4.69) is 35.4 Å². The maximum absolute atomic E-state index is 11.9. The Hall–Kier alpha value is -1.77. The number of hydrogen-bond donors (Lipinski definition) is 2. The van der Waals surface area contributed by atoms with Crippen molar-refractivity contribution in [3.8, 4) is 0 Å². The van der Waals surface area contributed by atoms with Crippen LogP contribution in [0.2, 0.25) is 0 Å². The maximum Gasteiger partial charge on any atom is 0.222 e. The van der Waals surface area contributed by atoms with Crippen molar-refractivity contribution in [2.24, 2.45) is 5.92 Å². The van der Waals surface area contributed by atoms with Crippen molar-refractivity contribution in [3.63, 3.8) is 0 Å². The molecule has 1 unspecified atom stereocenters. The molecule has 0 bridgehead atoms. The number of aromatic amines is 1. The highest BCUT2D eigenvalue weighted by atomic mass is 16.1. The first kappa shape index (κ1) is 13.2. The molecule has 0 aliphatic heterocycles. The van der Waals surface area contributed by atoms with Crippen LogP contribution < -0.4 is 5.32 Å². The second-order valence-corrected chi connectivity index (χ2v) is 6.23. The van der Waals surface area contributed by atoms with E-state index in [1.165, 1.54) is 27.7 Å². The van der Waals surface area contributed by atoms with E-state index in [4.69, 9.17) is 0 Å². The van der Waals surface area contributed by atoms with Gasteiger partial charge >= 0.3 is 0 Å². The highest BCUT2D eigenvalue weighted by Crippen LogP contribution is 2.29. The van der Waals surface area contributed by atoms with E-state index in [0.29, 0.717) is 0 Å². The van der Waals surface area contributed by atoms with Gasteiger partial charge in [0, 0.05) is 28.6 Å². The van der Waals surface area contributed by atoms with Crippen LogP contribution in [-0.4, -0.2) is 16.9 Å². The second-order valence-electron chi connectivity index (χ2n) is 6.23. The Balaban J connectivity index is 1.88. The van der Waals surface area contributed by atoms with Gasteiger partial charge in [0.1, 0.15) is 0 Å². The molecular formula is C17H22N2O. The van der Waals surface area contributed by atoms with Gasteiger partial charge in [-0.2, -0.15) is 0 Å². The molecule has 3 nitrogen and oxygen atoms in total. The predicted molar refractivity (Wildman–Crippen MR) is 81.8 cm³/mol. The number of carbonyl (C=O) groups is 1. The van der Waals surface area contributed by atoms with Gasteiger partial charge < -0.3 is 10.3 Å². The number of amides is 1. The molecule has 20 heavy (non-hydrogen) atoms. The standard InChI is InChI=1S/C17H22N2O/c1-10(2)17(20)18-12-5-7-16-14(9-12)13-8-11(3)4-6-15(13)19-16/h4,6,8,10,12,19H,5,7,9H2,1-3H3,(H,18,20). The van der Waals surface area contributed by atoms with Crippen molar-refractivity contribution in [1.29, 1.82) is 0 Å². The number of rotatable bonds is 2. The first-order chi connectivity index (χ1) is 9.54. The zero-order valence-electron chi connectivity index (χ0n) is 12.4. The topological polar surface area (TPSA) is 44.9 Å². The van der Waals surface area contributed by atoms with Crippen molar-refractivity contribution in [1.82, 2.24) is 10.3 Å². The number of aryl methyl sites for hydroxylation is 2. The number of nitrogens with one attached hydrogen (secondary N) is 2. The molecule has 1 aromatic carbocycles. The molecule has 2 N–H and O–H groups in total. The van der Waals surface area contributed by atoms with Crippen molar-refractivity contribution in [2.75, 3.05) is 0 Å². The van der Waals surface area contributed by atoms with E-state index in [9.17, 15) is 4.79 Å². The van der Waals surface area contributed by atoms with Crippen molar-refractivity contribution >= 4 is 16.8 Å². The van der Waals surface area contributed by atoms with Crippen LogP contribution >= 0.6 is 0 Å². The lowest BCUT2D eigenvalue weighted by Gasteiger charge is -2.24. The summed E-state index contributed by atoms with van der Waals surface area (Å²) >= 11 is 0. The second kappa shape index (κ2) is 4.97. The molecule has 1 amide bonds. The zero-order valence-corrected chi connectivity index (χ0v) is 12.4. The summed E-state index contributed by atoms with van der Waals surface area (Å²) in [6, 6.07) is 6.82. The van der Waals surface area contributed by atoms with E-state index in [0.717, 1.165) is 19.3 Å². The molecule has 3 rings (SSSR count). The fraction of sp³-hybridized carbons (Fsp3) is 0.471. The van der Waals surface area contributed by atoms with Gasteiger partial charge in [0.15, 0.2) is 0 Å². The van der Waals surface area contributed by atoms with Gasteiger partial charge in [0.05, 0.1) is 0 Å². The molecule has 1 atom stereocenters. The van der Waals surface area contributed by atoms with Gasteiger partial charge in [0.2, 0.25) is 5.91 Å². The van der Waals surface area contributed by atoms with Crippen LogP contribution in [0.25, 0.3) is 10.9 Å². The van der Waals surface area contributed by atoms with Crippen LogP contribution in [0.1, 0.15) is 37.1 Å². The molecule has 1 heterocycles. The predicted octanol–water partition coefficient (Wildman–Crippen LogP) is 3.11. The molecule has 1 aromatic heterocycles. The Morgan fingerprint density at radius 3 is 2.95 bits per heavy atom. The number of fused-ring (bicyclic) bond motifs is 3. The smallest absolute Gasteiger partial charge is 0.222 e. The number of benzene rings is 1. The van der Waals surface area contributed by atoms with E-state index in [1.807, 2.05) is 13.8 Å². The molecule has 0 fully saturated rings. The Morgan fingerprint density at radius 1 is 1.40 bits per heavy atom. The molecule has 0 spiro atoms. The van der Waals surface area contributed by atoms with Gasteiger partial charge in [-0.1, -0.05) is 25.5 Å². The summed E-state index contributed by atoms with van der Waals surface area (Å²) in [5, 5.41) is 4.50. The van der Waals surface area contributed by atoms with Crippen molar-refractivity contribution in [3.05, 3.63) is 35.0 Å². The van der Waals surface area contributed by atoms with E-state index in [1.54, 1.807) is 0 Å². The maximum atomic E-state index is 11.9. The summed E-state index contributed by atoms with van der Waals surface area (Å²) in [6.07, 6.45) is 2.99. The average Bonchev–Trinajstić information content (AvgIpc) is 2.76. The van der Waals surface area contributed by atoms with Gasteiger partial charge in [0.25, 0.3) is 0 Å². The zero-order chi connectivity index (χ0) is 14.3. The molecular weight excluding hydrogens is 248 g/mol. The fourth-order valence-electron chi connectivity index (χ4n) is 3.02. The SMILES string of the molecule is Cc1ccc2[nH]c3c(c2c1)CC(NC(=O)C(C)C)CC3. The van der Waals surface area contributed by atoms with Crippen molar-refractivity contribution in [2.45, 2.75) is 46.1 Å². The minimum Gasteiger partial charge on any atom is -0.358 e. The summed E-state index contributed by atoms with van der Waals surface area (Å²) in [5.41, 5.74) is 5.24. The molecule has 106 valence electrons. The highest BCUT2D eigenvalue weighted by molar-refractivity contribution is 5.86. The largest absolute Gasteiger partial charge is 0.358 e. The summed E-state index contributed by atoms with van der Waals surface area (Å²) < 4.78 is 0. The first-order valence-electron chi connectivity index (χ1n) is 7.45. The molecule has 0 saturated carbocycles. The third kappa shape index (κ3) is 2.33. The number of carbonyl (C=O) groups excluding carboxylic acids is 1. The van der Waals surface area contributed by atoms with Gasteiger partial charge in [-0.05, 0) is 43.9 Å². The third-order valence-electron chi connectivity index (χ3n) is 4.21.